The van der Waals surface area contributed by atoms with Crippen molar-refractivity contribution in [3.63, 3.8) is 0 Å². The molecule has 0 saturated carbocycles. The predicted molar refractivity (Wildman–Crippen MR) is 77.1 cm³/mol. The van der Waals surface area contributed by atoms with Crippen LogP contribution in [0.5, 0.6) is 0 Å². The third-order valence-electron chi connectivity index (χ3n) is 4.54. The Balaban J connectivity index is 1.68. The van der Waals surface area contributed by atoms with Crippen molar-refractivity contribution >= 4 is 5.69 Å². The Morgan fingerprint density at radius 3 is 3.06 bits per heavy atom. The minimum atomic E-state index is 0.664. The average molecular weight is 244 g/mol. The summed E-state index contributed by atoms with van der Waals surface area (Å²) in [6.07, 6.45) is 6.62. The van der Waals surface area contributed by atoms with E-state index in [1.807, 2.05) is 0 Å². The van der Waals surface area contributed by atoms with Crippen LogP contribution in [0.4, 0.5) is 5.69 Å². The molecule has 2 saturated heterocycles. The number of piperidine rings is 1. The summed E-state index contributed by atoms with van der Waals surface area (Å²) in [5, 5.41) is 3.77. The molecule has 1 aromatic carbocycles. The molecule has 0 radical (unpaired) electrons. The second-order valence-electron chi connectivity index (χ2n) is 5.69. The van der Waals surface area contributed by atoms with E-state index in [1.54, 1.807) is 0 Å². The van der Waals surface area contributed by atoms with Crippen molar-refractivity contribution in [2.45, 2.75) is 51.1 Å². The number of aryl methyl sites for hydroxylation is 1. The van der Waals surface area contributed by atoms with E-state index in [2.05, 4.69) is 41.4 Å². The Kier molecular flexibility index (Phi) is 3.55. The first-order valence-electron chi connectivity index (χ1n) is 7.46. The monoisotopic (exact) mass is 244 g/mol. The van der Waals surface area contributed by atoms with Gasteiger partial charge in [0, 0.05) is 24.3 Å². The molecule has 0 spiro atoms. The maximum absolute atomic E-state index is 3.77. The fourth-order valence-corrected chi connectivity index (χ4v) is 3.51. The van der Waals surface area contributed by atoms with Gasteiger partial charge in [-0.15, -0.1) is 0 Å². The lowest BCUT2D eigenvalue weighted by Gasteiger charge is -2.33. The molecule has 2 aliphatic heterocycles. The maximum atomic E-state index is 3.77. The van der Waals surface area contributed by atoms with Crippen LogP contribution in [0.3, 0.4) is 0 Å². The van der Waals surface area contributed by atoms with Gasteiger partial charge in [0.25, 0.3) is 0 Å². The van der Waals surface area contributed by atoms with Crippen LogP contribution in [-0.2, 0) is 6.42 Å². The number of nitrogens with one attached hydrogen (secondary N) is 1. The first kappa shape index (κ1) is 12.0. The van der Waals surface area contributed by atoms with E-state index in [0.717, 1.165) is 12.5 Å². The molecule has 3 rings (SSSR count). The highest BCUT2D eigenvalue weighted by atomic mass is 15.2. The van der Waals surface area contributed by atoms with Crippen LogP contribution < -0.4 is 5.32 Å². The van der Waals surface area contributed by atoms with E-state index in [1.165, 1.54) is 50.0 Å². The molecule has 2 heterocycles. The van der Waals surface area contributed by atoms with Gasteiger partial charge in [-0.05, 0) is 49.9 Å². The molecule has 1 aromatic rings. The van der Waals surface area contributed by atoms with Crippen LogP contribution in [0, 0.1) is 0 Å². The van der Waals surface area contributed by atoms with Crippen molar-refractivity contribution in [2.24, 2.45) is 0 Å². The Morgan fingerprint density at radius 2 is 2.17 bits per heavy atom. The van der Waals surface area contributed by atoms with Crippen LogP contribution in [0.25, 0.3) is 0 Å². The minimum absolute atomic E-state index is 0.664. The minimum Gasteiger partial charge on any atom is -0.381 e. The molecule has 2 heteroatoms. The average Bonchev–Trinajstić information content (AvgIpc) is 2.83. The Bertz CT molecular complexity index is 402. The van der Waals surface area contributed by atoms with Gasteiger partial charge in [0.05, 0.1) is 0 Å². The molecule has 2 aliphatic rings. The van der Waals surface area contributed by atoms with E-state index in [0.29, 0.717) is 6.04 Å². The van der Waals surface area contributed by atoms with E-state index in [4.69, 9.17) is 0 Å². The van der Waals surface area contributed by atoms with Gasteiger partial charge in [-0.1, -0.05) is 25.5 Å². The van der Waals surface area contributed by atoms with Gasteiger partial charge in [-0.3, -0.25) is 4.90 Å². The zero-order chi connectivity index (χ0) is 12.4. The van der Waals surface area contributed by atoms with Crippen LogP contribution >= 0.6 is 0 Å². The lowest BCUT2D eigenvalue weighted by Crippen LogP contribution is -2.41. The zero-order valence-corrected chi connectivity index (χ0v) is 11.4. The highest BCUT2D eigenvalue weighted by Gasteiger charge is 2.35. The Labute approximate surface area is 110 Å². The maximum Gasteiger partial charge on any atom is 0.0429 e. The van der Waals surface area contributed by atoms with Gasteiger partial charge in [0.15, 0.2) is 0 Å². The fraction of sp³-hybridized carbons (Fsp3) is 0.625. The van der Waals surface area contributed by atoms with Gasteiger partial charge in [0.2, 0.25) is 0 Å². The summed E-state index contributed by atoms with van der Waals surface area (Å²) in [6, 6.07) is 10.4. The Hall–Kier alpha value is -1.02. The normalized spacial score (nSPS) is 28.1. The molecular formula is C16H24N2. The molecule has 2 fully saturated rings. The number of rotatable bonds is 3. The first-order valence-corrected chi connectivity index (χ1v) is 7.46. The summed E-state index contributed by atoms with van der Waals surface area (Å²) in [4.78, 5) is 2.69. The van der Waals surface area contributed by atoms with E-state index < -0.39 is 0 Å². The number of anilines is 1. The van der Waals surface area contributed by atoms with Gasteiger partial charge in [-0.25, -0.2) is 0 Å². The molecule has 0 bridgehead atoms. The number of nitrogens with zero attached hydrogens (tertiary/aromatic N) is 1. The third-order valence-corrected chi connectivity index (χ3v) is 4.54. The molecule has 18 heavy (non-hydrogen) atoms. The van der Waals surface area contributed by atoms with Gasteiger partial charge in [0.1, 0.15) is 0 Å². The molecule has 98 valence electrons. The number of hydrogen-bond donors (Lipinski definition) is 1. The summed E-state index contributed by atoms with van der Waals surface area (Å²) in [5.41, 5.74) is 2.74. The molecular weight excluding hydrogens is 220 g/mol. The first-order chi connectivity index (χ1) is 8.86. The van der Waals surface area contributed by atoms with Crippen LogP contribution in [0.2, 0.25) is 0 Å². The van der Waals surface area contributed by atoms with Crippen molar-refractivity contribution in [1.82, 2.24) is 4.90 Å². The predicted octanol–water partition coefficient (Wildman–Crippen LogP) is 3.29. The van der Waals surface area contributed by atoms with E-state index >= 15 is 0 Å². The van der Waals surface area contributed by atoms with Gasteiger partial charge >= 0.3 is 0 Å². The summed E-state index contributed by atoms with van der Waals surface area (Å²) >= 11 is 0. The molecule has 2 nitrogen and oxygen atoms in total. The highest BCUT2D eigenvalue weighted by molar-refractivity contribution is 5.47. The van der Waals surface area contributed by atoms with Crippen molar-refractivity contribution in [3.8, 4) is 0 Å². The molecule has 0 amide bonds. The van der Waals surface area contributed by atoms with Gasteiger partial charge < -0.3 is 5.32 Å². The largest absolute Gasteiger partial charge is 0.381 e. The number of fused-ring (bicyclic) bond motifs is 1. The van der Waals surface area contributed by atoms with Crippen molar-refractivity contribution in [3.05, 3.63) is 29.8 Å². The van der Waals surface area contributed by atoms with E-state index in [-0.39, 0.29) is 0 Å². The lowest BCUT2D eigenvalue weighted by atomic mass is 9.98. The Morgan fingerprint density at radius 1 is 1.22 bits per heavy atom. The lowest BCUT2D eigenvalue weighted by molar-refractivity contribution is 0.193. The fourth-order valence-electron chi connectivity index (χ4n) is 3.51. The molecule has 2 unspecified atom stereocenters. The van der Waals surface area contributed by atoms with E-state index in [9.17, 15) is 0 Å². The summed E-state index contributed by atoms with van der Waals surface area (Å²) in [7, 11) is 0. The quantitative estimate of drug-likeness (QED) is 0.877. The standard InChI is InChI=1S/C16H24N2/c1-2-13-6-5-7-14(12-13)17-15-9-11-18-10-4-3-8-16(15)18/h5-7,12,15-17H,2-4,8-11H2,1H3. The second kappa shape index (κ2) is 5.31. The van der Waals surface area contributed by atoms with Crippen LogP contribution in [-0.4, -0.2) is 30.1 Å². The molecule has 0 aliphatic carbocycles. The third kappa shape index (κ3) is 2.39. The van der Waals surface area contributed by atoms with Crippen LogP contribution in [0.1, 0.15) is 38.2 Å². The zero-order valence-electron chi connectivity index (χ0n) is 11.4. The summed E-state index contributed by atoms with van der Waals surface area (Å²) < 4.78 is 0. The summed E-state index contributed by atoms with van der Waals surface area (Å²) in [5.74, 6) is 0. The molecule has 2 atom stereocenters. The highest BCUT2D eigenvalue weighted by Crippen LogP contribution is 2.29. The van der Waals surface area contributed by atoms with Crippen molar-refractivity contribution in [1.29, 1.82) is 0 Å². The van der Waals surface area contributed by atoms with Crippen molar-refractivity contribution < 1.29 is 0 Å². The number of hydrogen-bond acceptors (Lipinski definition) is 2. The van der Waals surface area contributed by atoms with Crippen LogP contribution in [0.15, 0.2) is 24.3 Å². The smallest absolute Gasteiger partial charge is 0.0429 e. The summed E-state index contributed by atoms with van der Waals surface area (Å²) in [6.45, 7) is 4.82. The molecule has 0 aromatic heterocycles. The molecule has 1 N–H and O–H groups in total. The van der Waals surface area contributed by atoms with Crippen molar-refractivity contribution in [2.75, 3.05) is 18.4 Å². The SMILES string of the molecule is CCc1cccc(NC2CCN3CCCCC23)c1. The second-order valence-corrected chi connectivity index (χ2v) is 5.69. The van der Waals surface area contributed by atoms with Gasteiger partial charge in [-0.2, -0.15) is 0 Å². The number of benzene rings is 1. The topological polar surface area (TPSA) is 15.3 Å².